The first-order valence-electron chi connectivity index (χ1n) is 6.26. The van der Waals surface area contributed by atoms with E-state index in [1.807, 2.05) is 12.1 Å². The van der Waals surface area contributed by atoms with Crippen molar-refractivity contribution < 1.29 is 18.7 Å². The van der Waals surface area contributed by atoms with Crippen LogP contribution in [-0.4, -0.2) is 12.7 Å². The van der Waals surface area contributed by atoms with Gasteiger partial charge in [-0.05, 0) is 45.8 Å². The number of ether oxygens (including phenoxy) is 2. The highest BCUT2D eigenvalue weighted by atomic mass is 79.9. The molecule has 3 rings (SSSR count). The van der Waals surface area contributed by atoms with E-state index in [9.17, 15) is 9.18 Å². The number of hydrogen-bond acceptors (Lipinski definition) is 3. The molecule has 0 saturated heterocycles. The fourth-order valence-corrected chi connectivity index (χ4v) is 2.45. The number of carbonyl (C=O) groups excluding carboxylic acids is 1. The maximum absolute atomic E-state index is 13.4. The third-order valence-corrected chi connectivity index (χ3v) is 3.89. The van der Waals surface area contributed by atoms with Gasteiger partial charge in [-0.1, -0.05) is 12.1 Å². The highest BCUT2D eigenvalue weighted by molar-refractivity contribution is 9.10. The highest BCUT2D eigenvalue weighted by Crippen LogP contribution is 2.32. The maximum Gasteiger partial charge on any atom is 0.252 e. The Morgan fingerprint density at radius 3 is 2.90 bits per heavy atom. The van der Waals surface area contributed by atoms with Gasteiger partial charge in [0.05, 0.1) is 10.0 Å². The van der Waals surface area contributed by atoms with E-state index in [2.05, 4.69) is 21.2 Å². The van der Waals surface area contributed by atoms with Crippen LogP contribution in [0.4, 0.5) is 4.39 Å². The summed E-state index contributed by atoms with van der Waals surface area (Å²) in [5.41, 5.74) is 1.14. The van der Waals surface area contributed by atoms with Gasteiger partial charge < -0.3 is 14.8 Å². The maximum atomic E-state index is 13.4. The Balaban J connectivity index is 1.70. The van der Waals surface area contributed by atoms with Gasteiger partial charge in [-0.25, -0.2) is 4.39 Å². The smallest absolute Gasteiger partial charge is 0.252 e. The zero-order chi connectivity index (χ0) is 14.8. The Morgan fingerprint density at radius 1 is 1.24 bits per heavy atom. The lowest BCUT2D eigenvalue weighted by Crippen LogP contribution is -2.23. The minimum Gasteiger partial charge on any atom is -0.454 e. The Hall–Kier alpha value is -2.08. The molecule has 0 aliphatic carbocycles. The lowest BCUT2D eigenvalue weighted by Gasteiger charge is -2.08. The molecular weight excluding hydrogens is 341 g/mol. The average molecular weight is 352 g/mol. The van der Waals surface area contributed by atoms with Crippen molar-refractivity contribution in [3.05, 3.63) is 57.8 Å². The van der Waals surface area contributed by atoms with Crippen LogP contribution in [0.2, 0.25) is 0 Å². The topological polar surface area (TPSA) is 47.6 Å². The molecule has 0 saturated carbocycles. The van der Waals surface area contributed by atoms with Crippen molar-refractivity contribution in [3.8, 4) is 11.5 Å². The number of rotatable bonds is 3. The molecule has 0 atom stereocenters. The standard InChI is InChI=1S/C15H11BrFNO3/c16-14-10(2-1-3-11(14)17)15(19)18-7-9-4-5-12-13(6-9)21-8-20-12/h1-6H,7-8H2,(H,18,19). The fourth-order valence-electron chi connectivity index (χ4n) is 2.01. The summed E-state index contributed by atoms with van der Waals surface area (Å²) in [4.78, 5) is 12.1. The summed E-state index contributed by atoms with van der Waals surface area (Å²) in [5, 5.41) is 2.74. The minimum absolute atomic E-state index is 0.160. The predicted octanol–water partition coefficient (Wildman–Crippen LogP) is 3.25. The Morgan fingerprint density at radius 2 is 2.05 bits per heavy atom. The van der Waals surface area contributed by atoms with Gasteiger partial charge in [0.25, 0.3) is 5.91 Å². The van der Waals surface area contributed by atoms with E-state index in [0.717, 1.165) is 5.56 Å². The van der Waals surface area contributed by atoms with Gasteiger partial charge in [-0.3, -0.25) is 4.79 Å². The molecule has 0 fully saturated rings. The van der Waals surface area contributed by atoms with Gasteiger partial charge in [-0.2, -0.15) is 0 Å². The lowest BCUT2D eigenvalue weighted by molar-refractivity contribution is 0.0949. The number of amides is 1. The van der Waals surface area contributed by atoms with E-state index >= 15 is 0 Å². The first-order valence-corrected chi connectivity index (χ1v) is 7.05. The second-order valence-electron chi connectivity index (χ2n) is 4.47. The predicted molar refractivity (Wildman–Crippen MR) is 77.8 cm³/mol. The minimum atomic E-state index is -0.467. The van der Waals surface area contributed by atoms with Crippen LogP contribution in [0.15, 0.2) is 40.9 Å². The van der Waals surface area contributed by atoms with Crippen LogP contribution in [0, 0.1) is 5.82 Å². The van der Waals surface area contributed by atoms with Crippen molar-refractivity contribution in [2.24, 2.45) is 0 Å². The van der Waals surface area contributed by atoms with Crippen LogP contribution in [0.3, 0.4) is 0 Å². The molecule has 2 aromatic carbocycles. The molecule has 21 heavy (non-hydrogen) atoms. The van der Waals surface area contributed by atoms with Gasteiger partial charge in [0.1, 0.15) is 5.82 Å². The third-order valence-electron chi connectivity index (χ3n) is 3.09. The first-order chi connectivity index (χ1) is 10.1. The van der Waals surface area contributed by atoms with Crippen molar-refractivity contribution in [1.82, 2.24) is 5.32 Å². The van der Waals surface area contributed by atoms with Crippen molar-refractivity contribution in [3.63, 3.8) is 0 Å². The summed E-state index contributed by atoms with van der Waals surface area (Å²) < 4.78 is 24.0. The quantitative estimate of drug-likeness (QED) is 0.923. The SMILES string of the molecule is O=C(NCc1ccc2c(c1)OCO2)c1cccc(F)c1Br. The number of halogens is 2. The molecule has 0 spiro atoms. The summed E-state index contributed by atoms with van der Waals surface area (Å²) in [6.45, 7) is 0.528. The first kappa shape index (κ1) is 13.9. The van der Waals surface area contributed by atoms with E-state index in [0.29, 0.717) is 18.0 Å². The van der Waals surface area contributed by atoms with Crippen LogP contribution in [0.25, 0.3) is 0 Å². The molecule has 1 heterocycles. The summed E-state index contributed by atoms with van der Waals surface area (Å²) in [6, 6.07) is 9.79. The molecule has 108 valence electrons. The summed E-state index contributed by atoms with van der Waals surface area (Å²) in [5.74, 6) is 0.538. The number of carbonyl (C=O) groups is 1. The Bertz CT molecular complexity index is 705. The van der Waals surface area contributed by atoms with Crippen LogP contribution >= 0.6 is 15.9 Å². The number of fused-ring (bicyclic) bond motifs is 1. The summed E-state index contributed by atoms with van der Waals surface area (Å²) in [7, 11) is 0. The van der Waals surface area contributed by atoms with Gasteiger partial charge in [0.2, 0.25) is 6.79 Å². The number of benzene rings is 2. The zero-order valence-electron chi connectivity index (χ0n) is 10.9. The number of hydrogen-bond donors (Lipinski definition) is 1. The van der Waals surface area contributed by atoms with Crippen molar-refractivity contribution in [1.29, 1.82) is 0 Å². The zero-order valence-corrected chi connectivity index (χ0v) is 12.4. The molecule has 0 aromatic heterocycles. The van der Waals surface area contributed by atoms with Crippen molar-refractivity contribution in [2.75, 3.05) is 6.79 Å². The monoisotopic (exact) mass is 351 g/mol. The molecule has 0 radical (unpaired) electrons. The van der Waals surface area contributed by atoms with Crippen LogP contribution in [0.5, 0.6) is 11.5 Å². The molecule has 0 unspecified atom stereocenters. The largest absolute Gasteiger partial charge is 0.454 e. The van der Waals surface area contributed by atoms with Crippen LogP contribution in [-0.2, 0) is 6.54 Å². The average Bonchev–Trinajstić information content (AvgIpc) is 2.95. The van der Waals surface area contributed by atoms with Gasteiger partial charge >= 0.3 is 0 Å². The van der Waals surface area contributed by atoms with E-state index in [1.54, 1.807) is 12.1 Å². The fraction of sp³-hybridized carbons (Fsp3) is 0.133. The molecule has 4 nitrogen and oxygen atoms in total. The Labute approximate surface area is 129 Å². The summed E-state index contributed by atoms with van der Waals surface area (Å²) >= 11 is 3.08. The van der Waals surface area contributed by atoms with Crippen molar-refractivity contribution >= 4 is 21.8 Å². The second-order valence-corrected chi connectivity index (χ2v) is 5.26. The third kappa shape index (κ3) is 2.85. The molecule has 1 amide bonds. The van der Waals surface area contributed by atoms with E-state index in [1.165, 1.54) is 12.1 Å². The number of nitrogens with one attached hydrogen (secondary N) is 1. The normalized spacial score (nSPS) is 12.3. The highest BCUT2D eigenvalue weighted by Gasteiger charge is 2.15. The van der Waals surface area contributed by atoms with E-state index in [-0.39, 0.29) is 22.7 Å². The molecular formula is C15H11BrFNO3. The van der Waals surface area contributed by atoms with Gasteiger partial charge in [-0.15, -0.1) is 0 Å². The van der Waals surface area contributed by atoms with E-state index < -0.39 is 5.82 Å². The molecule has 2 aromatic rings. The van der Waals surface area contributed by atoms with E-state index in [4.69, 9.17) is 9.47 Å². The summed E-state index contributed by atoms with van der Waals surface area (Å²) in [6.07, 6.45) is 0. The molecule has 1 N–H and O–H groups in total. The second kappa shape index (κ2) is 5.73. The molecule has 6 heteroatoms. The molecule has 1 aliphatic heterocycles. The van der Waals surface area contributed by atoms with Crippen LogP contribution < -0.4 is 14.8 Å². The van der Waals surface area contributed by atoms with Crippen LogP contribution in [0.1, 0.15) is 15.9 Å². The lowest BCUT2D eigenvalue weighted by atomic mass is 10.1. The Kier molecular flexibility index (Phi) is 3.79. The van der Waals surface area contributed by atoms with Gasteiger partial charge in [0, 0.05) is 6.54 Å². The van der Waals surface area contributed by atoms with Gasteiger partial charge in [0.15, 0.2) is 11.5 Å². The molecule has 0 bridgehead atoms. The molecule has 1 aliphatic rings. The van der Waals surface area contributed by atoms with Crippen molar-refractivity contribution in [2.45, 2.75) is 6.54 Å².